The quantitative estimate of drug-likeness (QED) is 0.489. The van der Waals surface area contributed by atoms with E-state index in [0.29, 0.717) is 13.0 Å². The Hall–Kier alpha value is -0.530. The molecule has 0 bridgehead atoms. The van der Waals surface area contributed by atoms with Gasteiger partial charge in [0.1, 0.15) is 0 Å². The smallest absolute Gasteiger partial charge is 0.305 e. The van der Waals surface area contributed by atoms with Crippen LogP contribution in [0.5, 0.6) is 0 Å². The van der Waals surface area contributed by atoms with Gasteiger partial charge in [0.25, 0.3) is 0 Å². The molecular formula is C17H34O2. The number of unbranched alkanes of at least 4 members (excludes halogenated alkanes) is 1. The summed E-state index contributed by atoms with van der Waals surface area (Å²) in [6.45, 7) is 18.6. The first-order valence-corrected chi connectivity index (χ1v) is 7.61. The van der Waals surface area contributed by atoms with Crippen LogP contribution in [0.25, 0.3) is 0 Å². The fourth-order valence-electron chi connectivity index (χ4n) is 2.63. The van der Waals surface area contributed by atoms with Crippen molar-refractivity contribution in [3.05, 3.63) is 0 Å². The van der Waals surface area contributed by atoms with E-state index in [1.165, 1.54) is 0 Å². The van der Waals surface area contributed by atoms with E-state index in [1.54, 1.807) is 0 Å². The molecule has 0 atom stereocenters. The first kappa shape index (κ1) is 18.5. The second-order valence-corrected chi connectivity index (χ2v) is 7.91. The molecule has 0 aliphatic heterocycles. The van der Waals surface area contributed by atoms with Gasteiger partial charge in [-0.05, 0) is 29.1 Å². The first-order chi connectivity index (χ1) is 8.45. The Balaban J connectivity index is 4.59. The van der Waals surface area contributed by atoms with E-state index in [4.69, 9.17) is 4.74 Å². The number of esters is 1. The summed E-state index contributed by atoms with van der Waals surface area (Å²) in [5.74, 6) is -0.0480. The molecule has 0 rings (SSSR count). The first-order valence-electron chi connectivity index (χ1n) is 7.61. The third-order valence-corrected chi connectivity index (χ3v) is 4.90. The van der Waals surface area contributed by atoms with Gasteiger partial charge in [0.2, 0.25) is 0 Å². The molecule has 2 nitrogen and oxygen atoms in total. The van der Waals surface area contributed by atoms with Gasteiger partial charge in [-0.2, -0.15) is 0 Å². The van der Waals surface area contributed by atoms with Crippen molar-refractivity contribution < 1.29 is 9.53 Å². The summed E-state index contributed by atoms with van der Waals surface area (Å²) >= 11 is 0. The normalized spacial score (nSPS) is 13.5. The molecule has 0 saturated heterocycles. The maximum atomic E-state index is 11.8. The van der Waals surface area contributed by atoms with E-state index in [0.717, 1.165) is 19.3 Å². The molecule has 0 saturated carbocycles. The van der Waals surface area contributed by atoms with E-state index in [9.17, 15) is 4.79 Å². The molecule has 0 aromatic carbocycles. The van der Waals surface area contributed by atoms with E-state index in [2.05, 4.69) is 55.4 Å². The standard InChI is InChI=1S/C17H34O2/c1-9-10-13-19-14(18)11-12-17(8,15(2,3)4)16(5,6)7/h9-13H2,1-8H3. The van der Waals surface area contributed by atoms with Gasteiger partial charge in [-0.25, -0.2) is 0 Å². The Labute approximate surface area is 120 Å². The van der Waals surface area contributed by atoms with Crippen LogP contribution in [0.3, 0.4) is 0 Å². The Morgan fingerprint density at radius 3 is 1.79 bits per heavy atom. The largest absolute Gasteiger partial charge is 0.466 e. The average molecular weight is 270 g/mol. The van der Waals surface area contributed by atoms with Gasteiger partial charge in [0, 0.05) is 6.42 Å². The predicted molar refractivity (Wildman–Crippen MR) is 82.1 cm³/mol. The van der Waals surface area contributed by atoms with E-state index in [-0.39, 0.29) is 22.2 Å². The summed E-state index contributed by atoms with van der Waals surface area (Å²) in [6, 6.07) is 0. The molecule has 0 radical (unpaired) electrons. The van der Waals surface area contributed by atoms with Gasteiger partial charge in [-0.15, -0.1) is 0 Å². The molecule has 19 heavy (non-hydrogen) atoms. The van der Waals surface area contributed by atoms with Crippen LogP contribution in [0, 0.1) is 16.2 Å². The number of rotatable bonds is 6. The number of hydrogen-bond donors (Lipinski definition) is 0. The number of carbonyl (C=O) groups is 1. The molecule has 0 amide bonds. The van der Waals surface area contributed by atoms with E-state index < -0.39 is 0 Å². The molecule has 0 N–H and O–H groups in total. The Bertz CT molecular complexity index is 265. The average Bonchev–Trinajstić information content (AvgIpc) is 2.23. The predicted octanol–water partition coefficient (Wildman–Crippen LogP) is 5.21. The van der Waals surface area contributed by atoms with Crippen LogP contribution < -0.4 is 0 Å². The fraction of sp³-hybridized carbons (Fsp3) is 0.941. The van der Waals surface area contributed by atoms with Crippen molar-refractivity contribution in [2.24, 2.45) is 16.2 Å². The SMILES string of the molecule is CCCCOC(=O)CCC(C)(C(C)(C)C)C(C)(C)C. The highest BCUT2D eigenvalue weighted by molar-refractivity contribution is 5.69. The third-order valence-electron chi connectivity index (χ3n) is 4.90. The Morgan fingerprint density at radius 2 is 1.42 bits per heavy atom. The monoisotopic (exact) mass is 270 g/mol. The molecule has 0 heterocycles. The third kappa shape index (κ3) is 5.16. The van der Waals surface area contributed by atoms with Crippen LogP contribution in [0.1, 0.15) is 81.1 Å². The van der Waals surface area contributed by atoms with Crippen molar-refractivity contribution in [2.45, 2.75) is 81.1 Å². The van der Waals surface area contributed by atoms with Gasteiger partial charge in [-0.3, -0.25) is 4.79 Å². The number of carbonyl (C=O) groups excluding carboxylic acids is 1. The highest BCUT2D eigenvalue weighted by Crippen LogP contribution is 2.54. The summed E-state index contributed by atoms with van der Waals surface area (Å²) in [7, 11) is 0. The lowest BCUT2D eigenvalue weighted by molar-refractivity contribution is -0.145. The summed E-state index contributed by atoms with van der Waals surface area (Å²) in [4.78, 5) is 11.8. The van der Waals surface area contributed by atoms with Crippen LogP contribution in [0.15, 0.2) is 0 Å². The van der Waals surface area contributed by atoms with Crippen molar-refractivity contribution in [1.29, 1.82) is 0 Å². The molecule has 0 aromatic rings. The second-order valence-electron chi connectivity index (χ2n) is 7.91. The molecule has 0 fully saturated rings. The zero-order valence-corrected chi connectivity index (χ0v) is 14.4. The second kappa shape index (κ2) is 6.76. The highest BCUT2D eigenvalue weighted by Gasteiger charge is 2.46. The molecule has 0 aliphatic carbocycles. The molecule has 0 unspecified atom stereocenters. The van der Waals surface area contributed by atoms with Crippen molar-refractivity contribution in [1.82, 2.24) is 0 Å². The van der Waals surface area contributed by atoms with Gasteiger partial charge in [0.05, 0.1) is 6.61 Å². The summed E-state index contributed by atoms with van der Waals surface area (Å²) in [6.07, 6.45) is 3.43. The Morgan fingerprint density at radius 1 is 0.947 bits per heavy atom. The lowest BCUT2D eigenvalue weighted by atomic mass is 9.53. The lowest BCUT2D eigenvalue weighted by Gasteiger charge is -2.51. The van der Waals surface area contributed by atoms with Crippen molar-refractivity contribution in [3.8, 4) is 0 Å². The minimum Gasteiger partial charge on any atom is -0.466 e. The fourth-order valence-corrected chi connectivity index (χ4v) is 2.63. The maximum absolute atomic E-state index is 11.8. The Kier molecular flexibility index (Phi) is 6.57. The highest BCUT2D eigenvalue weighted by atomic mass is 16.5. The van der Waals surface area contributed by atoms with Crippen LogP contribution >= 0.6 is 0 Å². The molecular weight excluding hydrogens is 236 g/mol. The number of hydrogen-bond acceptors (Lipinski definition) is 2. The number of ether oxygens (including phenoxy) is 1. The summed E-state index contributed by atoms with van der Waals surface area (Å²) in [5, 5.41) is 0. The molecule has 0 aliphatic rings. The van der Waals surface area contributed by atoms with Crippen molar-refractivity contribution in [2.75, 3.05) is 6.61 Å². The molecule has 2 heteroatoms. The topological polar surface area (TPSA) is 26.3 Å². The molecule has 0 aromatic heterocycles. The van der Waals surface area contributed by atoms with Gasteiger partial charge < -0.3 is 4.74 Å². The maximum Gasteiger partial charge on any atom is 0.305 e. The van der Waals surface area contributed by atoms with Crippen LogP contribution in [-0.4, -0.2) is 12.6 Å². The van der Waals surface area contributed by atoms with Gasteiger partial charge >= 0.3 is 5.97 Å². The van der Waals surface area contributed by atoms with Gasteiger partial charge in [-0.1, -0.05) is 61.8 Å². The van der Waals surface area contributed by atoms with Crippen molar-refractivity contribution in [3.63, 3.8) is 0 Å². The zero-order valence-electron chi connectivity index (χ0n) is 14.4. The van der Waals surface area contributed by atoms with E-state index in [1.807, 2.05) is 0 Å². The summed E-state index contributed by atoms with van der Waals surface area (Å²) < 4.78 is 5.26. The van der Waals surface area contributed by atoms with Crippen molar-refractivity contribution >= 4 is 5.97 Å². The van der Waals surface area contributed by atoms with Crippen LogP contribution in [0.4, 0.5) is 0 Å². The van der Waals surface area contributed by atoms with Crippen LogP contribution in [-0.2, 0) is 9.53 Å². The lowest BCUT2D eigenvalue weighted by Crippen LogP contribution is -2.44. The minimum absolute atomic E-state index is 0.0480. The zero-order chi connectivity index (χ0) is 15.3. The molecule has 0 spiro atoms. The molecule has 114 valence electrons. The minimum atomic E-state index is -0.0480. The van der Waals surface area contributed by atoms with E-state index >= 15 is 0 Å². The van der Waals surface area contributed by atoms with Gasteiger partial charge in [0.15, 0.2) is 0 Å². The summed E-state index contributed by atoms with van der Waals surface area (Å²) in [5.41, 5.74) is 0.424. The van der Waals surface area contributed by atoms with Crippen LogP contribution in [0.2, 0.25) is 0 Å².